The fourth-order valence-corrected chi connectivity index (χ4v) is 5.43. The van der Waals surface area contributed by atoms with Crippen molar-refractivity contribution < 1.29 is 12.8 Å². The molecule has 33 heavy (non-hydrogen) atoms. The minimum absolute atomic E-state index is 0.0190. The second-order valence-electron chi connectivity index (χ2n) is 8.03. The molecule has 5 rings (SSSR count). The summed E-state index contributed by atoms with van der Waals surface area (Å²) in [4.78, 5) is 22.4. The summed E-state index contributed by atoms with van der Waals surface area (Å²) in [7, 11) is -2.98. The molecule has 0 saturated carbocycles. The van der Waals surface area contributed by atoms with Gasteiger partial charge in [-0.15, -0.1) is 0 Å². The molecule has 1 N–H and O–H groups in total. The Balaban J connectivity index is 1.46. The molecule has 0 amide bonds. The van der Waals surface area contributed by atoms with Crippen molar-refractivity contribution in [2.45, 2.75) is 6.54 Å². The number of nitrogens with one attached hydrogen (secondary N) is 1. The summed E-state index contributed by atoms with van der Waals surface area (Å²) in [5.41, 5.74) is 3.08. The zero-order chi connectivity index (χ0) is 23.2. The SMILES string of the molecule is O=c1cc(-c2c[nH]c3ncc(N4CCS(=O)(=O)CC4)cc23)ccn1Cc1cccc(Cl)c1F. The van der Waals surface area contributed by atoms with Gasteiger partial charge < -0.3 is 14.5 Å². The average molecular weight is 487 g/mol. The average Bonchev–Trinajstić information content (AvgIpc) is 3.21. The number of pyridine rings is 2. The van der Waals surface area contributed by atoms with E-state index in [0.717, 1.165) is 16.6 Å². The summed E-state index contributed by atoms with van der Waals surface area (Å²) >= 11 is 5.85. The zero-order valence-electron chi connectivity index (χ0n) is 17.5. The van der Waals surface area contributed by atoms with Gasteiger partial charge in [0.1, 0.15) is 11.5 Å². The second kappa shape index (κ2) is 8.31. The topological polar surface area (TPSA) is 88.1 Å². The highest BCUT2D eigenvalue weighted by molar-refractivity contribution is 7.91. The molecule has 10 heteroatoms. The maximum Gasteiger partial charge on any atom is 0.251 e. The Morgan fingerprint density at radius 2 is 1.94 bits per heavy atom. The number of hydrogen-bond donors (Lipinski definition) is 1. The van der Waals surface area contributed by atoms with Crippen molar-refractivity contribution in [2.24, 2.45) is 0 Å². The molecule has 0 spiro atoms. The van der Waals surface area contributed by atoms with Crippen LogP contribution >= 0.6 is 11.6 Å². The van der Waals surface area contributed by atoms with Gasteiger partial charge in [0, 0.05) is 48.1 Å². The fraction of sp³-hybridized carbons (Fsp3) is 0.217. The number of fused-ring (bicyclic) bond motifs is 1. The first-order chi connectivity index (χ1) is 15.8. The quantitative estimate of drug-likeness (QED) is 0.477. The largest absolute Gasteiger partial charge is 0.368 e. The molecule has 1 aliphatic rings. The predicted octanol–water partition coefficient (Wildman–Crippen LogP) is 3.47. The van der Waals surface area contributed by atoms with Crippen molar-refractivity contribution >= 4 is 38.2 Å². The van der Waals surface area contributed by atoms with Crippen molar-refractivity contribution in [1.29, 1.82) is 0 Å². The molecule has 0 atom stereocenters. The monoisotopic (exact) mass is 486 g/mol. The second-order valence-corrected chi connectivity index (χ2v) is 10.7. The Kier molecular flexibility index (Phi) is 5.46. The van der Waals surface area contributed by atoms with Gasteiger partial charge in [0.2, 0.25) is 0 Å². The molecule has 0 radical (unpaired) electrons. The van der Waals surface area contributed by atoms with Crippen LogP contribution < -0.4 is 10.5 Å². The number of benzene rings is 1. The highest BCUT2D eigenvalue weighted by Crippen LogP contribution is 2.30. The number of nitrogens with zero attached hydrogens (tertiary/aromatic N) is 3. The van der Waals surface area contributed by atoms with Crippen LogP contribution in [0.4, 0.5) is 10.1 Å². The highest BCUT2D eigenvalue weighted by atomic mass is 35.5. The number of rotatable bonds is 4. The first-order valence-electron chi connectivity index (χ1n) is 10.4. The Morgan fingerprint density at radius 1 is 1.15 bits per heavy atom. The molecule has 1 fully saturated rings. The smallest absolute Gasteiger partial charge is 0.251 e. The van der Waals surface area contributed by atoms with Gasteiger partial charge in [0.05, 0.1) is 35.0 Å². The fourth-order valence-electron chi connectivity index (χ4n) is 4.03. The molecule has 4 heterocycles. The Morgan fingerprint density at radius 3 is 2.70 bits per heavy atom. The molecule has 1 aliphatic heterocycles. The van der Waals surface area contributed by atoms with Crippen molar-refractivity contribution in [3.05, 3.63) is 81.7 Å². The molecule has 170 valence electrons. The van der Waals surface area contributed by atoms with Crippen molar-refractivity contribution in [2.75, 3.05) is 29.5 Å². The van der Waals surface area contributed by atoms with E-state index in [0.29, 0.717) is 29.9 Å². The summed E-state index contributed by atoms with van der Waals surface area (Å²) in [6, 6.07) is 9.97. The lowest BCUT2D eigenvalue weighted by Crippen LogP contribution is -2.40. The van der Waals surface area contributed by atoms with Gasteiger partial charge in [-0.1, -0.05) is 23.7 Å². The third-order valence-electron chi connectivity index (χ3n) is 5.91. The molecule has 3 aromatic heterocycles. The van der Waals surface area contributed by atoms with Crippen LogP contribution in [0.15, 0.2) is 59.8 Å². The standard InChI is InChI=1S/C23H20ClFN4O3S/c24-20-3-1-2-16(22(20)25)14-29-5-4-15(10-21(29)30)19-13-27-23-18(19)11-17(12-26-23)28-6-8-33(31,32)9-7-28/h1-5,10-13H,6-9,14H2,(H,26,27). The van der Waals surface area contributed by atoms with Crippen LogP contribution in [0.1, 0.15) is 5.56 Å². The first-order valence-corrected chi connectivity index (χ1v) is 12.6. The van der Waals surface area contributed by atoms with Crippen molar-refractivity contribution in [3.8, 4) is 11.1 Å². The van der Waals surface area contributed by atoms with Crippen LogP contribution in [0.5, 0.6) is 0 Å². The lowest BCUT2D eigenvalue weighted by molar-refractivity contribution is 0.586. The van der Waals surface area contributed by atoms with E-state index in [-0.39, 0.29) is 28.6 Å². The van der Waals surface area contributed by atoms with Gasteiger partial charge in [-0.25, -0.2) is 17.8 Å². The number of halogens is 2. The van der Waals surface area contributed by atoms with Crippen LogP contribution in [-0.4, -0.2) is 47.5 Å². The summed E-state index contributed by atoms with van der Waals surface area (Å²) in [5, 5.41) is 0.851. The summed E-state index contributed by atoms with van der Waals surface area (Å²) in [6.07, 6.45) is 5.14. The minimum atomic E-state index is -2.98. The van der Waals surface area contributed by atoms with E-state index < -0.39 is 15.7 Å². The van der Waals surface area contributed by atoms with E-state index in [2.05, 4.69) is 9.97 Å². The number of aromatic nitrogens is 3. The van der Waals surface area contributed by atoms with Gasteiger partial charge >= 0.3 is 0 Å². The number of anilines is 1. The maximum atomic E-state index is 14.2. The van der Waals surface area contributed by atoms with E-state index in [9.17, 15) is 17.6 Å². The maximum absolute atomic E-state index is 14.2. The van der Waals surface area contributed by atoms with Crippen LogP contribution in [-0.2, 0) is 16.4 Å². The predicted molar refractivity (Wildman–Crippen MR) is 127 cm³/mol. The molecule has 1 aromatic carbocycles. The summed E-state index contributed by atoms with van der Waals surface area (Å²) in [5.74, 6) is -0.289. The highest BCUT2D eigenvalue weighted by Gasteiger charge is 2.22. The van der Waals surface area contributed by atoms with Crippen molar-refractivity contribution in [1.82, 2.24) is 14.5 Å². The Labute approximate surface area is 194 Å². The number of sulfone groups is 1. The number of aromatic amines is 1. The zero-order valence-corrected chi connectivity index (χ0v) is 19.0. The Hall–Kier alpha value is -3.17. The Bertz CT molecular complexity index is 1520. The van der Waals surface area contributed by atoms with Gasteiger partial charge in [0.15, 0.2) is 9.84 Å². The van der Waals surface area contributed by atoms with Crippen molar-refractivity contribution in [3.63, 3.8) is 0 Å². The van der Waals surface area contributed by atoms with Crippen LogP contribution in [0.3, 0.4) is 0 Å². The minimum Gasteiger partial charge on any atom is -0.368 e. The summed E-state index contributed by atoms with van der Waals surface area (Å²) in [6.45, 7) is 0.916. The van der Waals surface area contributed by atoms with E-state index in [1.807, 2.05) is 11.0 Å². The van der Waals surface area contributed by atoms with Crippen LogP contribution in [0.2, 0.25) is 5.02 Å². The molecular formula is C23H20ClFN4O3S. The van der Waals surface area contributed by atoms with Crippen LogP contribution in [0, 0.1) is 5.82 Å². The molecular weight excluding hydrogens is 467 g/mol. The van der Waals surface area contributed by atoms with Gasteiger partial charge in [-0.2, -0.15) is 0 Å². The molecule has 0 aliphatic carbocycles. The molecule has 4 aromatic rings. The van der Waals surface area contributed by atoms with E-state index in [4.69, 9.17) is 11.6 Å². The number of H-pyrrole nitrogens is 1. The van der Waals surface area contributed by atoms with Gasteiger partial charge in [0.25, 0.3) is 5.56 Å². The normalized spacial score (nSPS) is 15.8. The van der Waals surface area contributed by atoms with E-state index in [1.165, 1.54) is 16.7 Å². The lowest BCUT2D eigenvalue weighted by Gasteiger charge is -2.28. The van der Waals surface area contributed by atoms with Gasteiger partial charge in [-0.3, -0.25) is 4.79 Å². The molecule has 7 nitrogen and oxygen atoms in total. The first kappa shape index (κ1) is 21.7. The van der Waals surface area contributed by atoms with Gasteiger partial charge in [-0.05, 0) is 23.8 Å². The lowest BCUT2D eigenvalue weighted by atomic mass is 10.1. The van der Waals surface area contributed by atoms with Crippen LogP contribution in [0.25, 0.3) is 22.2 Å². The third-order valence-corrected chi connectivity index (χ3v) is 7.81. The van der Waals surface area contributed by atoms with E-state index in [1.54, 1.807) is 36.8 Å². The van der Waals surface area contributed by atoms with E-state index >= 15 is 0 Å². The molecule has 0 bridgehead atoms. The molecule has 0 unspecified atom stereocenters. The number of hydrogen-bond acceptors (Lipinski definition) is 5. The third kappa shape index (κ3) is 4.26. The summed E-state index contributed by atoms with van der Waals surface area (Å²) < 4.78 is 39.1. The molecule has 1 saturated heterocycles.